The number of aliphatic hydroxyl groups is 1. The molecule has 0 aromatic heterocycles. The predicted octanol–water partition coefficient (Wildman–Crippen LogP) is 3.59. The van der Waals surface area contributed by atoms with Gasteiger partial charge in [0.15, 0.2) is 18.0 Å². The molecule has 0 amide bonds. The Morgan fingerprint density at radius 2 is 1.82 bits per heavy atom. The average molecular weight is 551 g/mol. The van der Waals surface area contributed by atoms with Gasteiger partial charge in [0.25, 0.3) is 0 Å². The Hall–Kier alpha value is -2.06. The van der Waals surface area contributed by atoms with Crippen LogP contribution in [-0.4, -0.2) is 58.6 Å². The first-order valence-corrected chi connectivity index (χ1v) is 14.2. The molecule has 0 radical (unpaired) electrons. The number of esters is 2. The van der Waals surface area contributed by atoms with Crippen molar-refractivity contribution in [3.63, 3.8) is 0 Å². The number of carbonyl (C=O) groups is 5. The van der Waals surface area contributed by atoms with E-state index in [1.165, 1.54) is 0 Å². The van der Waals surface area contributed by atoms with Crippen molar-refractivity contribution in [2.45, 2.75) is 90.2 Å². The third-order valence-corrected chi connectivity index (χ3v) is 10.8. The number of carbonyl (C=O) groups excluding carboxylic acids is 5. The highest BCUT2D eigenvalue weighted by Gasteiger charge is 2.74. The first-order valence-electron chi connectivity index (χ1n) is 13.7. The zero-order valence-corrected chi connectivity index (χ0v) is 23.6. The Balaban J connectivity index is 1.80. The van der Waals surface area contributed by atoms with Gasteiger partial charge in [-0.2, -0.15) is 0 Å². The van der Waals surface area contributed by atoms with Crippen LogP contribution in [-0.2, 0) is 33.4 Å². The van der Waals surface area contributed by atoms with Gasteiger partial charge in [0.2, 0.25) is 5.78 Å². The van der Waals surface area contributed by atoms with Crippen molar-refractivity contribution in [3.8, 4) is 0 Å². The third-order valence-electron chi connectivity index (χ3n) is 10.3. The van der Waals surface area contributed by atoms with E-state index in [-0.39, 0.29) is 42.8 Å². The van der Waals surface area contributed by atoms with Crippen LogP contribution in [0.3, 0.4) is 0 Å². The molecule has 210 valence electrons. The highest BCUT2D eigenvalue weighted by Crippen LogP contribution is 2.70. The predicted molar refractivity (Wildman–Crippen MR) is 138 cm³/mol. The fourth-order valence-electron chi connectivity index (χ4n) is 8.63. The van der Waals surface area contributed by atoms with Crippen LogP contribution in [0.15, 0.2) is 11.6 Å². The van der Waals surface area contributed by atoms with Crippen molar-refractivity contribution in [1.29, 1.82) is 0 Å². The zero-order valence-electron chi connectivity index (χ0n) is 22.8. The summed E-state index contributed by atoms with van der Waals surface area (Å²) in [6, 6.07) is 0. The highest BCUT2D eigenvalue weighted by atomic mass is 35.5. The summed E-state index contributed by atoms with van der Waals surface area (Å²) in [5.41, 5.74) is -2.30. The molecule has 3 saturated carbocycles. The van der Waals surface area contributed by atoms with Gasteiger partial charge in [-0.3, -0.25) is 19.2 Å². The number of rotatable bonds is 7. The molecule has 1 unspecified atom stereocenters. The molecule has 4 aliphatic carbocycles. The van der Waals surface area contributed by atoms with E-state index in [0.717, 1.165) is 5.57 Å². The molecule has 0 spiro atoms. The first-order chi connectivity index (χ1) is 17.8. The summed E-state index contributed by atoms with van der Waals surface area (Å²) in [5, 5.41) is 11.4. The van der Waals surface area contributed by atoms with E-state index in [4.69, 9.17) is 21.1 Å². The molecule has 10 atom stereocenters. The molecule has 4 rings (SSSR count). The van der Waals surface area contributed by atoms with E-state index >= 15 is 0 Å². The molecule has 38 heavy (non-hydrogen) atoms. The Morgan fingerprint density at radius 3 is 2.42 bits per heavy atom. The van der Waals surface area contributed by atoms with Gasteiger partial charge < -0.3 is 19.4 Å². The van der Waals surface area contributed by atoms with Crippen LogP contribution in [0.2, 0.25) is 0 Å². The normalized spacial score (nSPS) is 43.7. The molecule has 4 aliphatic rings. The Labute approximate surface area is 228 Å². The van der Waals surface area contributed by atoms with Crippen LogP contribution in [0.1, 0.15) is 73.1 Å². The lowest BCUT2D eigenvalue weighted by Gasteiger charge is -2.62. The third kappa shape index (κ3) is 4.09. The highest BCUT2D eigenvalue weighted by molar-refractivity contribution is 6.21. The maximum absolute atomic E-state index is 13.9. The van der Waals surface area contributed by atoms with Crippen LogP contribution < -0.4 is 0 Å². The molecule has 0 aromatic carbocycles. The van der Waals surface area contributed by atoms with Gasteiger partial charge in [0, 0.05) is 29.6 Å². The van der Waals surface area contributed by atoms with Crippen LogP contribution in [0.25, 0.3) is 0 Å². The monoisotopic (exact) mass is 550 g/mol. The number of alkyl halides is 1. The summed E-state index contributed by atoms with van der Waals surface area (Å²) >= 11 is 7.06. The van der Waals surface area contributed by atoms with E-state index in [9.17, 15) is 29.1 Å². The number of halogens is 1. The zero-order chi connectivity index (χ0) is 28.2. The van der Waals surface area contributed by atoms with Gasteiger partial charge in [0.1, 0.15) is 6.29 Å². The quantitative estimate of drug-likeness (QED) is 0.221. The number of aldehydes is 1. The van der Waals surface area contributed by atoms with Crippen molar-refractivity contribution < 1.29 is 38.6 Å². The van der Waals surface area contributed by atoms with Crippen molar-refractivity contribution in [1.82, 2.24) is 0 Å². The number of fused-ring (bicyclic) bond motifs is 5. The van der Waals surface area contributed by atoms with E-state index in [0.29, 0.717) is 25.5 Å². The van der Waals surface area contributed by atoms with Crippen molar-refractivity contribution in [2.24, 2.45) is 40.4 Å². The fraction of sp³-hybridized carbons (Fsp3) is 0.759. The smallest absolute Gasteiger partial charge is 0.306 e. The van der Waals surface area contributed by atoms with Gasteiger partial charge in [-0.05, 0) is 54.9 Å². The Morgan fingerprint density at radius 1 is 1.16 bits per heavy atom. The number of allylic oxidation sites excluding steroid dienone is 1. The summed E-state index contributed by atoms with van der Waals surface area (Å²) in [5.74, 6) is -3.71. The van der Waals surface area contributed by atoms with Crippen LogP contribution in [0.5, 0.6) is 0 Å². The van der Waals surface area contributed by atoms with Crippen molar-refractivity contribution >= 4 is 41.4 Å². The van der Waals surface area contributed by atoms with Gasteiger partial charge in [-0.1, -0.05) is 40.2 Å². The first kappa shape index (κ1) is 28.9. The fourth-order valence-corrected chi connectivity index (χ4v) is 9.13. The summed E-state index contributed by atoms with van der Waals surface area (Å²) in [6.07, 6.45) is 2.93. The summed E-state index contributed by atoms with van der Waals surface area (Å²) in [7, 11) is 0. The molecule has 8 nitrogen and oxygen atoms in total. The second kappa shape index (κ2) is 10.2. The minimum absolute atomic E-state index is 0.0668. The standard InChI is InChI=1S/C29H39ClO8/c1-6-23(35)37-14-22(34)29(38-24(36)7-2)15(3)8-18-25-19(30)9-17-10-20(32)16(13-31)11-27(17,4)26(25)21(33)12-28(18,29)5/h10,13,15-16,18-19,21,25-26,33H,6-9,11-12,14H2,1-5H3/t15-,16?,18+,19-,21+,25-,26+,27+,28+,29-/m1/s1. The minimum atomic E-state index is -1.59. The Kier molecular flexibility index (Phi) is 7.74. The molecule has 0 heterocycles. The second-order valence-corrected chi connectivity index (χ2v) is 12.8. The van der Waals surface area contributed by atoms with Gasteiger partial charge >= 0.3 is 11.9 Å². The molecule has 0 aromatic rings. The summed E-state index contributed by atoms with van der Waals surface area (Å²) in [6.45, 7) is 8.53. The lowest BCUT2D eigenvalue weighted by molar-refractivity contribution is -0.207. The lowest BCUT2D eigenvalue weighted by Crippen LogP contribution is -2.66. The molecule has 1 N–H and O–H groups in total. The van der Waals surface area contributed by atoms with E-state index in [1.54, 1.807) is 19.9 Å². The van der Waals surface area contributed by atoms with E-state index in [1.807, 2.05) is 20.8 Å². The average Bonchev–Trinajstić information content (AvgIpc) is 3.09. The van der Waals surface area contributed by atoms with Crippen molar-refractivity contribution in [3.05, 3.63) is 11.6 Å². The van der Waals surface area contributed by atoms with Crippen LogP contribution in [0, 0.1) is 40.4 Å². The van der Waals surface area contributed by atoms with Gasteiger partial charge in [-0.15, -0.1) is 11.6 Å². The number of Topliss-reactive ketones (excluding diaryl/α,β-unsaturated/α-hetero) is 1. The number of ether oxygens (including phenoxy) is 2. The van der Waals surface area contributed by atoms with Crippen molar-refractivity contribution in [2.75, 3.05) is 6.61 Å². The number of ketones is 2. The maximum atomic E-state index is 13.9. The molecule has 3 fully saturated rings. The topological polar surface area (TPSA) is 124 Å². The minimum Gasteiger partial charge on any atom is -0.457 e. The molecule has 0 bridgehead atoms. The number of aliphatic hydroxyl groups excluding tert-OH is 1. The summed E-state index contributed by atoms with van der Waals surface area (Å²) < 4.78 is 11.3. The molecule has 0 saturated heterocycles. The SMILES string of the molecule is CCC(=O)OCC(=O)[C@]1(OC(=O)CC)[C@H](C)C[C@H]2[C@H]3[C@H]([C@@H](O)C[C@@]21C)[C@@]1(C)CC(C=O)C(=O)C=C1C[C@H]3Cl. The number of hydrogen-bond acceptors (Lipinski definition) is 8. The van der Waals surface area contributed by atoms with E-state index < -0.39 is 64.1 Å². The molecular formula is C29H39ClO8. The van der Waals surface area contributed by atoms with Gasteiger partial charge in [0.05, 0.1) is 12.0 Å². The van der Waals surface area contributed by atoms with Gasteiger partial charge in [-0.25, -0.2) is 0 Å². The molecule has 9 heteroatoms. The largest absolute Gasteiger partial charge is 0.457 e. The summed E-state index contributed by atoms with van der Waals surface area (Å²) in [4.78, 5) is 62.8. The molecular weight excluding hydrogens is 512 g/mol. The maximum Gasteiger partial charge on any atom is 0.306 e. The Bertz CT molecular complexity index is 1070. The lowest BCUT2D eigenvalue weighted by atomic mass is 9.44. The number of hydrogen-bond donors (Lipinski definition) is 1. The molecule has 0 aliphatic heterocycles. The van der Waals surface area contributed by atoms with Crippen LogP contribution >= 0.6 is 11.6 Å². The second-order valence-electron chi connectivity index (χ2n) is 12.2. The van der Waals surface area contributed by atoms with Crippen LogP contribution in [0.4, 0.5) is 0 Å². The van der Waals surface area contributed by atoms with E-state index in [2.05, 4.69) is 0 Å².